The lowest BCUT2D eigenvalue weighted by Gasteiger charge is -2.23. The van der Waals surface area contributed by atoms with Crippen LogP contribution in [0.2, 0.25) is 25.7 Å². The van der Waals surface area contributed by atoms with Crippen LogP contribution in [0.15, 0.2) is 11.1 Å². The Morgan fingerprint density at radius 1 is 1.00 bits per heavy atom. The van der Waals surface area contributed by atoms with Crippen molar-refractivity contribution >= 4 is 20.0 Å². The lowest BCUT2D eigenvalue weighted by molar-refractivity contribution is -0.136. The van der Waals surface area contributed by atoms with Crippen molar-refractivity contribution in [3.8, 4) is 0 Å². The Morgan fingerprint density at radius 3 is 1.67 bits per heavy atom. The van der Waals surface area contributed by atoms with Crippen molar-refractivity contribution in [1.29, 1.82) is 0 Å². The van der Waals surface area contributed by atoms with Gasteiger partial charge in [0.25, 0.3) is 0 Å². The number of carbonyl (C=O) groups is 2. The van der Waals surface area contributed by atoms with E-state index in [0.29, 0.717) is 6.42 Å². The molecule has 0 saturated carbocycles. The topological polar surface area (TPSA) is 74.6 Å². The minimum atomic E-state index is -1.40. The molecule has 0 fully saturated rings. The average molecular weight is 272 g/mol. The average Bonchev–Trinajstić information content (AvgIpc) is 2.06. The summed E-state index contributed by atoms with van der Waals surface area (Å²) in [7, 11) is -1.40. The molecule has 2 N–H and O–H groups in total. The second-order valence-corrected chi connectivity index (χ2v) is 12.4. The molecule has 0 atom stereocenters. The molecule has 0 heterocycles. The van der Waals surface area contributed by atoms with Gasteiger partial charge in [-0.3, -0.25) is 0 Å². The Bertz CT molecular complexity index is 369. The molecule has 0 spiro atoms. The normalized spacial score (nSPS) is 14.1. The fraction of sp³-hybridized carbons (Fsp3) is 0.692. The van der Waals surface area contributed by atoms with E-state index >= 15 is 0 Å². The van der Waals surface area contributed by atoms with Crippen molar-refractivity contribution in [3.63, 3.8) is 0 Å². The standard InChI is InChI=1S/C13H24O4Si/c1-13(2,3)10(12(16)17)9(11(14)15)7-8-18(4,5)6/h7-8H2,1-6H3,(H,14,15)(H,16,17). The first-order valence-corrected chi connectivity index (χ1v) is 9.77. The number of hydrogen-bond acceptors (Lipinski definition) is 2. The quantitative estimate of drug-likeness (QED) is 0.595. The summed E-state index contributed by atoms with van der Waals surface area (Å²) in [5.41, 5.74) is -0.593. The first-order valence-electron chi connectivity index (χ1n) is 6.06. The smallest absolute Gasteiger partial charge is 0.332 e. The van der Waals surface area contributed by atoms with E-state index in [4.69, 9.17) is 0 Å². The van der Waals surface area contributed by atoms with Crippen molar-refractivity contribution in [2.24, 2.45) is 5.41 Å². The highest BCUT2D eigenvalue weighted by molar-refractivity contribution is 6.76. The van der Waals surface area contributed by atoms with Gasteiger partial charge in [-0.25, -0.2) is 9.59 Å². The zero-order valence-electron chi connectivity index (χ0n) is 12.1. The second kappa shape index (κ2) is 5.69. The molecule has 0 aliphatic heterocycles. The van der Waals surface area contributed by atoms with Gasteiger partial charge in [-0.15, -0.1) is 0 Å². The molecule has 0 bridgehead atoms. The van der Waals surface area contributed by atoms with Gasteiger partial charge in [0.05, 0.1) is 5.57 Å². The Morgan fingerprint density at radius 2 is 1.44 bits per heavy atom. The zero-order chi connectivity index (χ0) is 14.7. The van der Waals surface area contributed by atoms with E-state index < -0.39 is 25.4 Å². The van der Waals surface area contributed by atoms with Crippen LogP contribution in [0.3, 0.4) is 0 Å². The summed E-state index contributed by atoms with van der Waals surface area (Å²) in [6.45, 7) is 11.6. The molecule has 0 amide bonds. The summed E-state index contributed by atoms with van der Waals surface area (Å²) in [6, 6.07) is 0.779. The van der Waals surface area contributed by atoms with E-state index in [1.165, 1.54) is 0 Å². The van der Waals surface area contributed by atoms with Gasteiger partial charge < -0.3 is 10.2 Å². The molecular formula is C13H24O4Si. The predicted octanol–water partition coefficient (Wildman–Crippen LogP) is 3.23. The lowest BCUT2D eigenvalue weighted by Crippen LogP contribution is -2.25. The molecule has 0 aromatic carbocycles. The minimum absolute atomic E-state index is 0.0215. The maximum Gasteiger partial charge on any atom is 0.332 e. The molecule has 0 aromatic rings. The predicted molar refractivity (Wildman–Crippen MR) is 74.5 cm³/mol. The highest BCUT2D eigenvalue weighted by atomic mass is 28.3. The maximum atomic E-state index is 11.3. The van der Waals surface area contributed by atoms with Gasteiger partial charge in [0.1, 0.15) is 0 Å². The molecule has 0 aliphatic carbocycles. The van der Waals surface area contributed by atoms with E-state index in [2.05, 4.69) is 19.6 Å². The molecule has 104 valence electrons. The highest BCUT2D eigenvalue weighted by Crippen LogP contribution is 2.31. The number of hydrogen-bond donors (Lipinski definition) is 2. The van der Waals surface area contributed by atoms with Gasteiger partial charge in [-0.1, -0.05) is 46.5 Å². The summed E-state index contributed by atoms with van der Waals surface area (Å²) < 4.78 is 0. The highest BCUT2D eigenvalue weighted by Gasteiger charge is 2.31. The number of rotatable bonds is 5. The van der Waals surface area contributed by atoms with Crippen molar-refractivity contribution in [3.05, 3.63) is 11.1 Å². The number of carboxylic acid groups (broad SMARTS) is 2. The van der Waals surface area contributed by atoms with Gasteiger partial charge in [0.2, 0.25) is 0 Å². The van der Waals surface area contributed by atoms with Crippen molar-refractivity contribution in [2.75, 3.05) is 0 Å². The van der Waals surface area contributed by atoms with Crippen LogP contribution in [-0.2, 0) is 9.59 Å². The fourth-order valence-electron chi connectivity index (χ4n) is 1.74. The van der Waals surface area contributed by atoms with Crippen LogP contribution in [0.4, 0.5) is 0 Å². The summed E-state index contributed by atoms with van der Waals surface area (Å²) >= 11 is 0. The second-order valence-electron chi connectivity index (χ2n) is 6.77. The summed E-state index contributed by atoms with van der Waals surface area (Å²) in [6.07, 6.45) is 0.337. The van der Waals surface area contributed by atoms with Crippen molar-refractivity contribution < 1.29 is 19.8 Å². The molecule has 4 nitrogen and oxygen atoms in total. The third-order valence-corrected chi connectivity index (χ3v) is 4.40. The summed E-state index contributed by atoms with van der Waals surface area (Å²) in [4.78, 5) is 22.6. The van der Waals surface area contributed by atoms with Gasteiger partial charge >= 0.3 is 11.9 Å². The molecule has 0 saturated heterocycles. The Balaban J connectivity index is 5.52. The van der Waals surface area contributed by atoms with Crippen LogP contribution in [0.5, 0.6) is 0 Å². The van der Waals surface area contributed by atoms with E-state index in [1.54, 1.807) is 20.8 Å². The largest absolute Gasteiger partial charge is 0.478 e. The Hall–Kier alpha value is -1.10. The lowest BCUT2D eigenvalue weighted by atomic mass is 9.82. The molecule has 5 heteroatoms. The molecule has 0 unspecified atom stereocenters. The summed E-state index contributed by atoms with van der Waals surface area (Å²) in [5, 5.41) is 18.5. The Kier molecular flexibility index (Phi) is 5.34. The van der Waals surface area contributed by atoms with Crippen LogP contribution in [0.25, 0.3) is 0 Å². The van der Waals surface area contributed by atoms with Crippen LogP contribution < -0.4 is 0 Å². The number of aliphatic carboxylic acids is 2. The first-order chi connectivity index (χ1) is 7.86. The van der Waals surface area contributed by atoms with Crippen LogP contribution >= 0.6 is 0 Å². The SMILES string of the molecule is CC(C)(C)C(C(=O)O)=C(CC[Si](C)(C)C)C(=O)O. The molecule has 0 aromatic heterocycles. The first kappa shape index (κ1) is 16.9. The monoisotopic (exact) mass is 272 g/mol. The van der Waals surface area contributed by atoms with Crippen molar-refractivity contribution in [1.82, 2.24) is 0 Å². The van der Waals surface area contributed by atoms with Crippen LogP contribution in [0, 0.1) is 5.41 Å². The molecule has 0 rings (SSSR count). The van der Waals surface area contributed by atoms with E-state index in [9.17, 15) is 19.8 Å². The van der Waals surface area contributed by atoms with Gasteiger partial charge in [0, 0.05) is 13.6 Å². The summed E-state index contributed by atoms with van der Waals surface area (Å²) in [5.74, 6) is -2.24. The molecule has 18 heavy (non-hydrogen) atoms. The van der Waals surface area contributed by atoms with E-state index in [-0.39, 0.29) is 11.1 Å². The third-order valence-electron chi connectivity index (χ3n) is 2.65. The van der Waals surface area contributed by atoms with Gasteiger partial charge in [-0.2, -0.15) is 0 Å². The van der Waals surface area contributed by atoms with E-state index in [1.807, 2.05) is 0 Å². The molecule has 0 radical (unpaired) electrons. The molecular weight excluding hydrogens is 248 g/mol. The van der Waals surface area contributed by atoms with Crippen molar-refractivity contribution in [2.45, 2.75) is 52.9 Å². The zero-order valence-corrected chi connectivity index (χ0v) is 13.1. The van der Waals surface area contributed by atoms with Gasteiger partial charge in [-0.05, 0) is 11.8 Å². The van der Waals surface area contributed by atoms with E-state index in [0.717, 1.165) is 6.04 Å². The fourth-order valence-corrected chi connectivity index (χ4v) is 2.74. The van der Waals surface area contributed by atoms with Crippen LogP contribution in [-0.4, -0.2) is 30.2 Å². The molecule has 0 aliphatic rings. The number of carboxylic acids is 2. The maximum absolute atomic E-state index is 11.3. The Labute approximate surface area is 110 Å². The van der Waals surface area contributed by atoms with Crippen LogP contribution in [0.1, 0.15) is 27.2 Å². The third kappa shape index (κ3) is 5.49. The minimum Gasteiger partial charge on any atom is -0.478 e. The van der Waals surface area contributed by atoms with Gasteiger partial charge in [0.15, 0.2) is 0 Å².